The fourth-order valence-corrected chi connectivity index (χ4v) is 1.97. The number of amides is 1. The Kier molecular flexibility index (Phi) is 4.30. The van der Waals surface area contributed by atoms with Gasteiger partial charge in [0.15, 0.2) is 0 Å². The normalized spacial score (nSPS) is 10.6. The van der Waals surface area contributed by atoms with Crippen LogP contribution in [-0.2, 0) is 0 Å². The standard InChI is InChI=1S/C14H18N4O/c1-2-16-7-8-17-13-10-5-3-4-6-12(10)18-9-11(13)14(15)19/h3-6,9,16H,2,7-8H2,1H3,(H2,15,19)(H,17,18). The maximum Gasteiger partial charge on any atom is 0.252 e. The number of hydrogen-bond acceptors (Lipinski definition) is 4. The van der Waals surface area contributed by atoms with Gasteiger partial charge < -0.3 is 16.4 Å². The zero-order valence-electron chi connectivity index (χ0n) is 10.9. The van der Waals surface area contributed by atoms with Crippen molar-refractivity contribution in [2.45, 2.75) is 6.92 Å². The van der Waals surface area contributed by atoms with Gasteiger partial charge >= 0.3 is 0 Å². The summed E-state index contributed by atoms with van der Waals surface area (Å²) in [5, 5.41) is 7.40. The molecule has 5 nitrogen and oxygen atoms in total. The Morgan fingerprint density at radius 1 is 1.32 bits per heavy atom. The van der Waals surface area contributed by atoms with Crippen LogP contribution in [0.15, 0.2) is 30.5 Å². The molecular weight excluding hydrogens is 240 g/mol. The van der Waals surface area contributed by atoms with Crippen LogP contribution in [-0.4, -0.2) is 30.5 Å². The Balaban J connectivity index is 2.35. The molecule has 0 radical (unpaired) electrons. The molecule has 5 heteroatoms. The molecule has 0 fully saturated rings. The van der Waals surface area contributed by atoms with Crippen LogP contribution in [0.3, 0.4) is 0 Å². The molecule has 1 aromatic heterocycles. The summed E-state index contributed by atoms with van der Waals surface area (Å²) in [4.78, 5) is 15.7. The number of para-hydroxylation sites is 1. The molecule has 0 aliphatic rings. The molecule has 2 rings (SSSR count). The number of fused-ring (bicyclic) bond motifs is 1. The van der Waals surface area contributed by atoms with Crippen LogP contribution < -0.4 is 16.4 Å². The van der Waals surface area contributed by atoms with Gasteiger partial charge in [0.2, 0.25) is 0 Å². The molecule has 19 heavy (non-hydrogen) atoms. The Morgan fingerprint density at radius 2 is 2.11 bits per heavy atom. The minimum absolute atomic E-state index is 0.426. The molecule has 0 saturated carbocycles. The van der Waals surface area contributed by atoms with Gasteiger partial charge in [-0.3, -0.25) is 9.78 Å². The monoisotopic (exact) mass is 258 g/mol. The minimum Gasteiger partial charge on any atom is -0.383 e. The maximum atomic E-state index is 11.5. The molecular formula is C14H18N4O. The van der Waals surface area contributed by atoms with E-state index in [2.05, 4.69) is 22.5 Å². The van der Waals surface area contributed by atoms with E-state index in [1.807, 2.05) is 24.3 Å². The number of pyridine rings is 1. The van der Waals surface area contributed by atoms with Crippen molar-refractivity contribution in [3.63, 3.8) is 0 Å². The number of rotatable bonds is 6. The van der Waals surface area contributed by atoms with Crippen molar-refractivity contribution >= 4 is 22.5 Å². The molecule has 0 bridgehead atoms. The molecule has 0 unspecified atom stereocenters. The number of primary amides is 1. The minimum atomic E-state index is -0.468. The first-order chi connectivity index (χ1) is 9.24. The van der Waals surface area contributed by atoms with Gasteiger partial charge in [0.25, 0.3) is 5.91 Å². The van der Waals surface area contributed by atoms with Gasteiger partial charge in [-0.15, -0.1) is 0 Å². The van der Waals surface area contributed by atoms with Gasteiger partial charge in [-0.25, -0.2) is 0 Å². The predicted molar refractivity (Wildman–Crippen MR) is 77.3 cm³/mol. The lowest BCUT2D eigenvalue weighted by molar-refractivity contribution is 0.100. The largest absolute Gasteiger partial charge is 0.383 e. The fourth-order valence-electron chi connectivity index (χ4n) is 1.97. The van der Waals surface area contributed by atoms with Crippen LogP contribution in [0.5, 0.6) is 0 Å². The number of carbonyl (C=O) groups excluding carboxylic acids is 1. The average molecular weight is 258 g/mol. The average Bonchev–Trinajstić information content (AvgIpc) is 2.43. The highest BCUT2D eigenvalue weighted by atomic mass is 16.1. The highest BCUT2D eigenvalue weighted by Gasteiger charge is 2.12. The van der Waals surface area contributed by atoms with Gasteiger partial charge in [0.1, 0.15) is 0 Å². The van der Waals surface area contributed by atoms with Crippen molar-refractivity contribution in [2.24, 2.45) is 5.73 Å². The third kappa shape index (κ3) is 3.00. The summed E-state index contributed by atoms with van der Waals surface area (Å²) in [7, 11) is 0. The number of benzene rings is 1. The Bertz CT molecular complexity index is 583. The molecule has 0 atom stereocenters. The van der Waals surface area contributed by atoms with E-state index in [0.717, 1.165) is 36.2 Å². The zero-order valence-corrected chi connectivity index (χ0v) is 10.9. The smallest absolute Gasteiger partial charge is 0.252 e. The van der Waals surface area contributed by atoms with Crippen molar-refractivity contribution in [3.8, 4) is 0 Å². The SMILES string of the molecule is CCNCCNc1c(C(N)=O)cnc2ccccc12. The lowest BCUT2D eigenvalue weighted by Gasteiger charge is -2.13. The van der Waals surface area contributed by atoms with Crippen molar-refractivity contribution < 1.29 is 4.79 Å². The highest BCUT2D eigenvalue weighted by Crippen LogP contribution is 2.25. The summed E-state index contributed by atoms with van der Waals surface area (Å²) < 4.78 is 0. The first-order valence-electron chi connectivity index (χ1n) is 6.36. The van der Waals surface area contributed by atoms with E-state index < -0.39 is 5.91 Å². The van der Waals surface area contributed by atoms with E-state index in [0.29, 0.717) is 5.56 Å². The van der Waals surface area contributed by atoms with Gasteiger partial charge in [0.05, 0.1) is 16.8 Å². The van der Waals surface area contributed by atoms with Crippen LogP contribution in [0.4, 0.5) is 5.69 Å². The van der Waals surface area contributed by atoms with Gasteiger partial charge in [-0.05, 0) is 12.6 Å². The summed E-state index contributed by atoms with van der Waals surface area (Å²) >= 11 is 0. The maximum absolute atomic E-state index is 11.5. The lowest BCUT2D eigenvalue weighted by Crippen LogP contribution is -2.23. The molecule has 0 spiro atoms. The molecule has 0 aliphatic carbocycles. The number of nitrogens with zero attached hydrogens (tertiary/aromatic N) is 1. The van der Waals surface area contributed by atoms with Crippen molar-refractivity contribution in [2.75, 3.05) is 25.0 Å². The van der Waals surface area contributed by atoms with E-state index in [9.17, 15) is 4.79 Å². The third-order valence-corrected chi connectivity index (χ3v) is 2.89. The van der Waals surface area contributed by atoms with Crippen LogP contribution in [0.25, 0.3) is 10.9 Å². The molecule has 1 amide bonds. The molecule has 2 aromatic rings. The Labute approximate surface area is 112 Å². The molecule has 1 aromatic carbocycles. The van der Waals surface area contributed by atoms with Crippen LogP contribution >= 0.6 is 0 Å². The Morgan fingerprint density at radius 3 is 2.84 bits per heavy atom. The van der Waals surface area contributed by atoms with Crippen LogP contribution in [0.1, 0.15) is 17.3 Å². The van der Waals surface area contributed by atoms with E-state index in [1.165, 1.54) is 6.20 Å². The van der Waals surface area contributed by atoms with Gasteiger partial charge in [0, 0.05) is 24.7 Å². The van der Waals surface area contributed by atoms with Gasteiger partial charge in [-0.1, -0.05) is 25.1 Å². The summed E-state index contributed by atoms with van der Waals surface area (Å²) in [6, 6.07) is 7.69. The van der Waals surface area contributed by atoms with Crippen LogP contribution in [0, 0.1) is 0 Å². The summed E-state index contributed by atoms with van der Waals surface area (Å²) in [6.45, 7) is 4.52. The zero-order chi connectivity index (χ0) is 13.7. The van der Waals surface area contributed by atoms with E-state index >= 15 is 0 Å². The number of aromatic nitrogens is 1. The lowest BCUT2D eigenvalue weighted by atomic mass is 10.1. The third-order valence-electron chi connectivity index (χ3n) is 2.89. The predicted octanol–water partition coefficient (Wildman–Crippen LogP) is 1.36. The molecule has 1 heterocycles. The number of likely N-dealkylation sites (N-methyl/N-ethyl adjacent to an activating group) is 1. The van der Waals surface area contributed by atoms with E-state index in [-0.39, 0.29) is 0 Å². The fraction of sp³-hybridized carbons (Fsp3) is 0.286. The second kappa shape index (κ2) is 6.15. The first kappa shape index (κ1) is 13.3. The summed E-state index contributed by atoms with van der Waals surface area (Å²) in [5.74, 6) is -0.468. The first-order valence-corrected chi connectivity index (χ1v) is 6.36. The molecule has 0 saturated heterocycles. The number of nitrogens with two attached hydrogens (primary N) is 1. The van der Waals surface area contributed by atoms with E-state index in [4.69, 9.17) is 5.73 Å². The van der Waals surface area contributed by atoms with E-state index in [1.54, 1.807) is 0 Å². The molecule has 0 aliphatic heterocycles. The number of anilines is 1. The molecule has 100 valence electrons. The molecule has 4 N–H and O–H groups in total. The van der Waals surface area contributed by atoms with Crippen molar-refractivity contribution in [1.82, 2.24) is 10.3 Å². The topological polar surface area (TPSA) is 80.0 Å². The Hall–Kier alpha value is -2.14. The van der Waals surface area contributed by atoms with Crippen molar-refractivity contribution in [1.29, 1.82) is 0 Å². The van der Waals surface area contributed by atoms with Crippen LogP contribution in [0.2, 0.25) is 0 Å². The number of hydrogen-bond donors (Lipinski definition) is 3. The number of carbonyl (C=O) groups is 1. The van der Waals surface area contributed by atoms with Gasteiger partial charge in [-0.2, -0.15) is 0 Å². The quantitative estimate of drug-likeness (QED) is 0.683. The summed E-state index contributed by atoms with van der Waals surface area (Å²) in [5.41, 5.74) is 7.43. The second-order valence-corrected chi connectivity index (χ2v) is 4.21. The second-order valence-electron chi connectivity index (χ2n) is 4.21. The highest BCUT2D eigenvalue weighted by molar-refractivity contribution is 6.06. The summed E-state index contributed by atoms with van der Waals surface area (Å²) in [6.07, 6.45) is 1.53. The number of nitrogens with one attached hydrogen (secondary N) is 2. The van der Waals surface area contributed by atoms with Crippen molar-refractivity contribution in [3.05, 3.63) is 36.0 Å².